The van der Waals surface area contributed by atoms with Gasteiger partial charge in [0.1, 0.15) is 16.2 Å². The van der Waals surface area contributed by atoms with E-state index in [-0.39, 0.29) is 0 Å². The zero-order valence-corrected chi connectivity index (χ0v) is 12.9. The molecule has 4 nitrogen and oxygen atoms in total. The van der Waals surface area contributed by atoms with Gasteiger partial charge in [0.2, 0.25) is 0 Å². The number of aromatic nitrogens is 2. The van der Waals surface area contributed by atoms with Crippen molar-refractivity contribution < 1.29 is 4.74 Å². The van der Waals surface area contributed by atoms with E-state index in [1.807, 2.05) is 30.3 Å². The third-order valence-corrected chi connectivity index (χ3v) is 3.64. The van der Waals surface area contributed by atoms with E-state index in [0.717, 1.165) is 27.5 Å². The summed E-state index contributed by atoms with van der Waals surface area (Å²) in [6.45, 7) is 0.574. The number of halogens is 1. The Morgan fingerprint density at radius 1 is 1.30 bits per heavy atom. The summed E-state index contributed by atoms with van der Waals surface area (Å²) in [4.78, 5) is 9.04. The van der Waals surface area contributed by atoms with Gasteiger partial charge in [-0.15, -0.1) is 0 Å². The average Bonchev–Trinajstić information content (AvgIpc) is 3.25. The van der Waals surface area contributed by atoms with Crippen LogP contribution in [-0.4, -0.2) is 17.1 Å². The fourth-order valence-corrected chi connectivity index (χ4v) is 2.48. The van der Waals surface area contributed by atoms with Crippen LogP contribution in [0.4, 0.5) is 11.5 Å². The monoisotopic (exact) mass is 333 g/mol. The van der Waals surface area contributed by atoms with Crippen LogP contribution in [0.5, 0.6) is 0 Å². The molecule has 1 aromatic heterocycles. The number of rotatable bonds is 5. The molecule has 1 aliphatic rings. The molecule has 0 radical (unpaired) electrons. The molecule has 1 aliphatic carbocycles. The lowest BCUT2D eigenvalue weighted by molar-refractivity contribution is 0.185. The van der Waals surface area contributed by atoms with Crippen molar-refractivity contribution in [3.05, 3.63) is 46.3 Å². The molecular weight excluding hydrogens is 318 g/mol. The van der Waals surface area contributed by atoms with Crippen LogP contribution in [0.15, 0.2) is 34.9 Å². The van der Waals surface area contributed by atoms with Gasteiger partial charge in [-0.05, 0) is 34.8 Å². The van der Waals surface area contributed by atoms with Crippen molar-refractivity contribution in [2.45, 2.75) is 25.4 Å². The van der Waals surface area contributed by atoms with Crippen molar-refractivity contribution in [1.29, 1.82) is 0 Å². The van der Waals surface area contributed by atoms with Crippen molar-refractivity contribution in [3.8, 4) is 0 Å². The maximum Gasteiger partial charge on any atom is 0.135 e. The fraction of sp³-hybridized carbons (Fsp3) is 0.333. The summed E-state index contributed by atoms with van der Waals surface area (Å²) in [7, 11) is 1.70. The van der Waals surface area contributed by atoms with Gasteiger partial charge in [-0.1, -0.05) is 18.2 Å². The number of nitrogens with one attached hydrogen (secondary N) is 1. The van der Waals surface area contributed by atoms with Gasteiger partial charge in [-0.2, -0.15) is 0 Å². The van der Waals surface area contributed by atoms with Gasteiger partial charge in [0, 0.05) is 30.3 Å². The number of nitrogens with zero attached hydrogens (tertiary/aromatic N) is 2. The van der Waals surface area contributed by atoms with E-state index in [9.17, 15) is 0 Å². The predicted octanol–water partition coefficient (Wildman–Crippen LogP) is 4.01. The molecule has 1 N–H and O–H groups in total. The summed E-state index contributed by atoms with van der Waals surface area (Å²) in [6.07, 6.45) is 2.38. The first-order valence-electron chi connectivity index (χ1n) is 6.64. The maximum absolute atomic E-state index is 5.22. The molecule has 1 saturated carbocycles. The van der Waals surface area contributed by atoms with E-state index < -0.39 is 0 Å². The largest absolute Gasteiger partial charge is 0.380 e. The summed E-state index contributed by atoms with van der Waals surface area (Å²) in [5.41, 5.74) is 2.12. The van der Waals surface area contributed by atoms with Gasteiger partial charge in [0.15, 0.2) is 0 Å². The standard InChI is InChI=1S/C15H16BrN3O/c1-20-9-11-4-2-3-5-12(11)17-14-8-13(16)18-15(19-14)10-6-7-10/h2-5,8,10H,6-7,9H2,1H3,(H,17,18,19). The van der Waals surface area contributed by atoms with E-state index in [1.54, 1.807) is 7.11 Å². The lowest BCUT2D eigenvalue weighted by Gasteiger charge is -2.11. The molecule has 1 heterocycles. The summed E-state index contributed by atoms with van der Waals surface area (Å²) in [6, 6.07) is 9.98. The van der Waals surface area contributed by atoms with Crippen molar-refractivity contribution in [2.75, 3.05) is 12.4 Å². The molecule has 0 atom stereocenters. The number of hydrogen-bond donors (Lipinski definition) is 1. The molecule has 0 spiro atoms. The van der Waals surface area contributed by atoms with Gasteiger partial charge in [-0.3, -0.25) is 0 Å². The SMILES string of the molecule is COCc1ccccc1Nc1cc(Br)nc(C2CC2)n1. The Hall–Kier alpha value is -1.46. The van der Waals surface area contributed by atoms with Crippen molar-refractivity contribution in [3.63, 3.8) is 0 Å². The second-order valence-corrected chi connectivity index (χ2v) is 5.74. The number of benzene rings is 1. The number of para-hydroxylation sites is 1. The molecule has 0 bridgehead atoms. The Morgan fingerprint density at radius 3 is 2.85 bits per heavy atom. The van der Waals surface area contributed by atoms with Crippen LogP contribution in [0.1, 0.15) is 30.1 Å². The number of ether oxygens (including phenoxy) is 1. The third kappa shape index (κ3) is 3.16. The van der Waals surface area contributed by atoms with Crippen LogP contribution in [0, 0.1) is 0 Å². The predicted molar refractivity (Wildman–Crippen MR) is 82.1 cm³/mol. The number of hydrogen-bond acceptors (Lipinski definition) is 4. The maximum atomic E-state index is 5.22. The number of methoxy groups -OCH3 is 1. The highest BCUT2D eigenvalue weighted by Crippen LogP contribution is 2.39. The van der Waals surface area contributed by atoms with Crippen LogP contribution in [-0.2, 0) is 11.3 Å². The minimum Gasteiger partial charge on any atom is -0.380 e. The highest BCUT2D eigenvalue weighted by molar-refractivity contribution is 9.10. The van der Waals surface area contributed by atoms with E-state index in [2.05, 4.69) is 31.2 Å². The lowest BCUT2D eigenvalue weighted by Crippen LogP contribution is -2.02. The minimum absolute atomic E-state index is 0.530. The van der Waals surface area contributed by atoms with Crippen LogP contribution in [0.25, 0.3) is 0 Å². The molecule has 0 unspecified atom stereocenters. The topological polar surface area (TPSA) is 47.0 Å². The Kier molecular flexibility index (Phi) is 3.98. The molecule has 3 rings (SSSR count). The first-order chi connectivity index (χ1) is 9.76. The first-order valence-corrected chi connectivity index (χ1v) is 7.44. The first kappa shape index (κ1) is 13.5. The van der Waals surface area contributed by atoms with E-state index in [4.69, 9.17) is 4.74 Å². The zero-order valence-electron chi connectivity index (χ0n) is 11.3. The molecule has 20 heavy (non-hydrogen) atoms. The van der Waals surface area contributed by atoms with Crippen LogP contribution >= 0.6 is 15.9 Å². The Labute approximate surface area is 126 Å². The molecule has 5 heteroatoms. The Bertz CT molecular complexity index is 614. The van der Waals surface area contributed by atoms with Gasteiger partial charge in [0.25, 0.3) is 0 Å². The minimum atomic E-state index is 0.530. The molecular formula is C15H16BrN3O. The Morgan fingerprint density at radius 2 is 2.10 bits per heavy atom. The highest BCUT2D eigenvalue weighted by Gasteiger charge is 2.27. The molecule has 1 fully saturated rings. The quantitative estimate of drug-likeness (QED) is 0.840. The molecule has 2 aromatic rings. The van der Waals surface area contributed by atoms with Crippen LogP contribution in [0.2, 0.25) is 0 Å². The molecule has 0 saturated heterocycles. The summed E-state index contributed by atoms with van der Waals surface area (Å²) in [5.74, 6) is 2.27. The second kappa shape index (κ2) is 5.89. The lowest BCUT2D eigenvalue weighted by atomic mass is 10.2. The highest BCUT2D eigenvalue weighted by atomic mass is 79.9. The molecule has 0 amide bonds. The van der Waals surface area contributed by atoms with Gasteiger partial charge in [0.05, 0.1) is 6.61 Å². The average molecular weight is 334 g/mol. The van der Waals surface area contributed by atoms with E-state index in [0.29, 0.717) is 12.5 Å². The Balaban J connectivity index is 1.87. The third-order valence-electron chi connectivity index (χ3n) is 3.23. The summed E-state index contributed by atoms with van der Waals surface area (Å²) >= 11 is 3.46. The van der Waals surface area contributed by atoms with Crippen LogP contribution < -0.4 is 5.32 Å². The van der Waals surface area contributed by atoms with Crippen molar-refractivity contribution in [1.82, 2.24) is 9.97 Å². The van der Waals surface area contributed by atoms with E-state index >= 15 is 0 Å². The number of anilines is 2. The fourth-order valence-electron chi connectivity index (χ4n) is 2.08. The van der Waals surface area contributed by atoms with Crippen LogP contribution in [0.3, 0.4) is 0 Å². The smallest absolute Gasteiger partial charge is 0.135 e. The normalized spacial score (nSPS) is 14.3. The van der Waals surface area contributed by atoms with Gasteiger partial charge >= 0.3 is 0 Å². The molecule has 0 aliphatic heterocycles. The summed E-state index contributed by atoms with van der Waals surface area (Å²) in [5, 5.41) is 3.36. The summed E-state index contributed by atoms with van der Waals surface area (Å²) < 4.78 is 6.04. The second-order valence-electron chi connectivity index (χ2n) is 4.92. The van der Waals surface area contributed by atoms with Crippen molar-refractivity contribution >= 4 is 27.4 Å². The molecule has 104 valence electrons. The van der Waals surface area contributed by atoms with E-state index in [1.165, 1.54) is 12.8 Å². The van der Waals surface area contributed by atoms with Crippen molar-refractivity contribution in [2.24, 2.45) is 0 Å². The van der Waals surface area contributed by atoms with Gasteiger partial charge in [-0.25, -0.2) is 9.97 Å². The molecule has 1 aromatic carbocycles. The zero-order chi connectivity index (χ0) is 13.9. The van der Waals surface area contributed by atoms with Gasteiger partial charge < -0.3 is 10.1 Å².